The summed E-state index contributed by atoms with van der Waals surface area (Å²) in [6.07, 6.45) is -0.568. The van der Waals surface area contributed by atoms with E-state index in [9.17, 15) is 14.2 Å². The Balaban J connectivity index is 2.19. The minimum Gasteiger partial charge on any atom is -0.413 e. The topological polar surface area (TPSA) is 170 Å². The van der Waals surface area contributed by atoms with Crippen molar-refractivity contribution in [1.82, 2.24) is 19.5 Å². The maximum absolute atomic E-state index is 14.3. The van der Waals surface area contributed by atoms with E-state index < -0.39 is 45.0 Å². The number of imidazole rings is 1. The molecule has 2 aromatic rings. The molecule has 13 nitrogen and oxygen atoms in total. The molecule has 0 saturated carbocycles. The number of carbonyl (C=O) groups excluding carboxylic acids is 1. The minimum absolute atomic E-state index is 0.0344. The normalized spacial score (nSPS) is 22.8. The summed E-state index contributed by atoms with van der Waals surface area (Å²) in [7, 11) is -6.50. The van der Waals surface area contributed by atoms with E-state index in [2.05, 4.69) is 48.8 Å². The van der Waals surface area contributed by atoms with E-state index >= 15 is 0 Å². The predicted octanol–water partition coefficient (Wildman–Crippen LogP) is 4.56. The zero-order chi connectivity index (χ0) is 30.3. The van der Waals surface area contributed by atoms with Crippen LogP contribution >= 0.6 is 7.82 Å². The fourth-order valence-corrected chi connectivity index (χ4v) is 6.70. The lowest BCUT2D eigenvalue weighted by molar-refractivity contribution is -0.170. The van der Waals surface area contributed by atoms with Gasteiger partial charge < -0.3 is 14.9 Å². The first kappa shape index (κ1) is 32.6. The highest BCUT2D eigenvalue weighted by Crippen LogP contribution is 2.56. The van der Waals surface area contributed by atoms with Crippen LogP contribution in [0.3, 0.4) is 0 Å². The molecule has 2 aromatic heterocycles. The van der Waals surface area contributed by atoms with Crippen molar-refractivity contribution in [2.24, 2.45) is 5.41 Å². The zero-order valence-corrected chi connectivity index (χ0v) is 27.1. The van der Waals surface area contributed by atoms with Crippen LogP contribution in [0.1, 0.15) is 68.0 Å². The number of nitrogens with zero attached hydrogens (tertiary/aromatic N) is 3. The number of Topliss-reactive ketones (excluding diaryl/α,β-unsaturated/α-hetero) is 1. The average molecular weight is 602 g/mol. The SMILES string of the molecule is CCOP(=O)(OCC)O[C@H]1C[C@H](n2cnc3c(=O)[nH]c(N)nc32)O[C@@]1(CO[Si](C)(C)C(C)(C)C)C(=O)C(C)(C)C. The van der Waals surface area contributed by atoms with Gasteiger partial charge in [-0.05, 0) is 32.0 Å². The van der Waals surface area contributed by atoms with Crippen LogP contribution in [0.5, 0.6) is 0 Å². The molecule has 0 aromatic carbocycles. The second kappa shape index (κ2) is 11.4. The Kier molecular flexibility index (Phi) is 9.28. The fraction of sp³-hybridized carbons (Fsp3) is 0.760. The molecule has 0 amide bonds. The van der Waals surface area contributed by atoms with Gasteiger partial charge in [0.05, 0.1) is 26.1 Å². The summed E-state index contributed by atoms with van der Waals surface area (Å²) in [6, 6.07) is 0. The molecule has 0 bridgehead atoms. The van der Waals surface area contributed by atoms with Gasteiger partial charge in [0.25, 0.3) is 5.56 Å². The van der Waals surface area contributed by atoms with Gasteiger partial charge in [-0.3, -0.25) is 32.7 Å². The number of carbonyl (C=O) groups is 1. The predicted molar refractivity (Wildman–Crippen MR) is 153 cm³/mol. The highest BCUT2D eigenvalue weighted by atomic mass is 31.2. The smallest absolute Gasteiger partial charge is 0.413 e. The molecule has 0 aliphatic carbocycles. The number of phosphoric acid groups is 1. The first-order valence-corrected chi connectivity index (χ1v) is 17.8. The second-order valence-corrected chi connectivity index (χ2v) is 18.9. The van der Waals surface area contributed by atoms with Crippen LogP contribution in [0.25, 0.3) is 11.2 Å². The molecule has 0 spiro atoms. The molecule has 1 aliphatic rings. The number of aromatic nitrogens is 4. The lowest BCUT2D eigenvalue weighted by Crippen LogP contribution is -2.58. The van der Waals surface area contributed by atoms with E-state index in [1.165, 1.54) is 10.9 Å². The van der Waals surface area contributed by atoms with Crippen LogP contribution in [0.2, 0.25) is 18.1 Å². The van der Waals surface area contributed by atoms with Gasteiger partial charge in [0, 0.05) is 11.8 Å². The van der Waals surface area contributed by atoms with Gasteiger partial charge in [0.1, 0.15) is 12.3 Å². The number of hydrogen-bond acceptors (Lipinski definition) is 11. The minimum atomic E-state index is -4.10. The Hall–Kier alpha value is -1.93. The van der Waals surface area contributed by atoms with Crippen LogP contribution in [0.4, 0.5) is 5.95 Å². The van der Waals surface area contributed by atoms with Crippen LogP contribution < -0.4 is 11.3 Å². The summed E-state index contributed by atoms with van der Waals surface area (Å²) in [5.74, 6) is -0.402. The van der Waals surface area contributed by atoms with Crippen molar-refractivity contribution >= 4 is 39.0 Å². The third-order valence-electron chi connectivity index (χ3n) is 7.39. The zero-order valence-electron chi connectivity index (χ0n) is 25.2. The molecule has 226 valence electrons. The van der Waals surface area contributed by atoms with Crippen molar-refractivity contribution in [3.8, 4) is 0 Å². The molecule has 3 atom stereocenters. The van der Waals surface area contributed by atoms with Crippen LogP contribution in [0.15, 0.2) is 11.1 Å². The summed E-state index contributed by atoms with van der Waals surface area (Å²) < 4.78 is 45.3. The second-order valence-electron chi connectivity index (χ2n) is 12.5. The van der Waals surface area contributed by atoms with Gasteiger partial charge in [0.15, 0.2) is 30.9 Å². The van der Waals surface area contributed by atoms with Gasteiger partial charge in [-0.1, -0.05) is 41.5 Å². The van der Waals surface area contributed by atoms with Gasteiger partial charge in [0.2, 0.25) is 5.95 Å². The quantitative estimate of drug-likeness (QED) is 0.273. The number of aromatic amines is 1. The van der Waals surface area contributed by atoms with Crippen LogP contribution in [-0.4, -0.2) is 65.1 Å². The number of phosphoric ester groups is 1. The number of nitrogen functional groups attached to an aromatic ring is 1. The lowest BCUT2D eigenvalue weighted by Gasteiger charge is -2.42. The van der Waals surface area contributed by atoms with Crippen molar-refractivity contribution in [3.63, 3.8) is 0 Å². The molecule has 1 fully saturated rings. The van der Waals surface area contributed by atoms with Crippen molar-refractivity contribution < 1.29 is 32.1 Å². The summed E-state index contributed by atoms with van der Waals surface area (Å²) >= 11 is 0. The maximum atomic E-state index is 14.3. The molecule has 1 aliphatic heterocycles. The van der Waals surface area contributed by atoms with E-state index in [1.807, 2.05) is 0 Å². The van der Waals surface area contributed by atoms with Gasteiger partial charge in [-0.15, -0.1) is 0 Å². The Labute approximate surface area is 236 Å². The van der Waals surface area contributed by atoms with E-state index in [-0.39, 0.29) is 54.2 Å². The number of H-pyrrole nitrogens is 1. The Bertz CT molecular complexity index is 1320. The number of rotatable bonds is 11. The fourth-order valence-electron chi connectivity index (χ4n) is 4.29. The number of fused-ring (bicyclic) bond motifs is 1. The van der Waals surface area contributed by atoms with Gasteiger partial charge >= 0.3 is 7.82 Å². The number of ketones is 1. The third-order valence-corrected chi connectivity index (χ3v) is 13.5. The van der Waals surface area contributed by atoms with Gasteiger partial charge in [-0.2, -0.15) is 4.98 Å². The molecule has 0 unspecified atom stereocenters. The molecule has 1 saturated heterocycles. The van der Waals surface area contributed by atoms with Crippen molar-refractivity contribution in [2.45, 2.75) is 97.9 Å². The average Bonchev–Trinajstić information content (AvgIpc) is 3.38. The lowest BCUT2D eigenvalue weighted by atomic mass is 9.78. The molecule has 3 heterocycles. The summed E-state index contributed by atoms with van der Waals surface area (Å²) in [4.78, 5) is 37.6. The standard InChI is InChI=1S/C25H44N5O8PSi/c1-11-34-39(33,35-12-2)38-16-13-17(30-15-27-18-19(30)28-22(26)29-20(18)31)37-25(16,21(32)23(3,4)5)14-36-40(9,10)24(6,7)8/h15-17H,11-14H2,1-10H3,(H3,26,28,29,31)/t16-,17+,25+/m0/s1. The number of hydrogen-bond donors (Lipinski definition) is 2. The van der Waals surface area contributed by atoms with Gasteiger partial charge in [-0.25, -0.2) is 9.55 Å². The highest BCUT2D eigenvalue weighted by molar-refractivity contribution is 7.48. The maximum Gasteiger partial charge on any atom is 0.475 e. The van der Waals surface area contributed by atoms with E-state index in [4.69, 9.17) is 28.5 Å². The van der Waals surface area contributed by atoms with Crippen molar-refractivity contribution in [1.29, 1.82) is 0 Å². The molecule has 3 N–H and O–H groups in total. The molecular formula is C25H44N5O8PSi. The molecule has 40 heavy (non-hydrogen) atoms. The summed E-state index contributed by atoms with van der Waals surface area (Å²) in [6.45, 7) is 19.0. The first-order valence-electron chi connectivity index (χ1n) is 13.5. The molecule has 15 heteroatoms. The molecule has 3 rings (SSSR count). The van der Waals surface area contributed by atoms with E-state index in [0.717, 1.165) is 0 Å². The number of nitrogens with two attached hydrogens (primary N) is 1. The van der Waals surface area contributed by atoms with E-state index in [1.54, 1.807) is 34.6 Å². The number of nitrogens with one attached hydrogen (secondary N) is 1. The monoisotopic (exact) mass is 601 g/mol. The van der Waals surface area contributed by atoms with Crippen LogP contribution in [0, 0.1) is 5.41 Å². The Morgan fingerprint density at radius 3 is 2.35 bits per heavy atom. The first-order chi connectivity index (χ1) is 18.3. The van der Waals surface area contributed by atoms with E-state index in [0.29, 0.717) is 0 Å². The molecule has 0 radical (unpaired) electrons. The molecular weight excluding hydrogens is 557 g/mol. The van der Waals surface area contributed by atoms with Crippen LogP contribution in [-0.2, 0) is 32.1 Å². The van der Waals surface area contributed by atoms with Crippen molar-refractivity contribution in [3.05, 3.63) is 16.7 Å². The number of anilines is 1. The highest BCUT2D eigenvalue weighted by Gasteiger charge is 2.61. The third kappa shape index (κ3) is 6.43. The summed E-state index contributed by atoms with van der Waals surface area (Å²) in [5.41, 5.74) is 2.93. The number of ether oxygens (including phenoxy) is 1. The summed E-state index contributed by atoms with van der Waals surface area (Å²) in [5, 5.41) is -0.164. The largest absolute Gasteiger partial charge is 0.475 e. The van der Waals surface area contributed by atoms with Crippen molar-refractivity contribution in [2.75, 3.05) is 25.6 Å². The Morgan fingerprint density at radius 1 is 1.23 bits per heavy atom. The Morgan fingerprint density at radius 2 is 1.82 bits per heavy atom.